The Morgan fingerprint density at radius 2 is 1.70 bits per heavy atom. The predicted octanol–water partition coefficient (Wildman–Crippen LogP) is 3.53. The summed E-state index contributed by atoms with van der Waals surface area (Å²) in [5.74, 6) is -0.0463. The number of benzene rings is 2. The van der Waals surface area contributed by atoms with Gasteiger partial charge in [-0.25, -0.2) is 3.96 Å². The molecule has 0 N–H and O–H groups in total. The molecule has 0 bridgehead atoms. The van der Waals surface area contributed by atoms with Crippen molar-refractivity contribution in [3.63, 3.8) is 0 Å². The molecule has 0 aliphatic rings. The van der Waals surface area contributed by atoms with E-state index in [0.717, 1.165) is 4.70 Å². The molecule has 0 atom stereocenters. The molecule has 0 saturated carbocycles. The summed E-state index contributed by atoms with van der Waals surface area (Å²) in [4.78, 5) is 27.2. The Hall–Kier alpha value is -2.40. The standard InChI is InChI=1S/C18H18N2O2S/c1-3-19(4-2)17(21)13-9-5-7-11-15(13)20-18(22)14-10-6-8-12-16(14)23-20/h5-12H,3-4H2,1-2H3. The maximum absolute atomic E-state index is 12.7. The van der Waals surface area contributed by atoms with Gasteiger partial charge in [-0.1, -0.05) is 35.8 Å². The second-order valence-corrected chi connectivity index (χ2v) is 6.17. The van der Waals surface area contributed by atoms with Crippen molar-refractivity contribution in [2.75, 3.05) is 13.1 Å². The Morgan fingerprint density at radius 3 is 2.39 bits per heavy atom. The molecular weight excluding hydrogens is 308 g/mol. The van der Waals surface area contributed by atoms with Crippen LogP contribution >= 0.6 is 11.5 Å². The van der Waals surface area contributed by atoms with Crippen LogP contribution in [-0.2, 0) is 0 Å². The van der Waals surface area contributed by atoms with Crippen LogP contribution in [0.15, 0.2) is 53.3 Å². The lowest BCUT2D eigenvalue weighted by Gasteiger charge is -2.20. The molecule has 0 aliphatic carbocycles. The largest absolute Gasteiger partial charge is 0.339 e. The molecule has 3 rings (SSSR count). The molecule has 0 radical (unpaired) electrons. The van der Waals surface area contributed by atoms with E-state index in [1.165, 1.54) is 11.5 Å². The zero-order chi connectivity index (χ0) is 16.4. The fourth-order valence-electron chi connectivity index (χ4n) is 2.64. The van der Waals surface area contributed by atoms with E-state index in [-0.39, 0.29) is 11.5 Å². The van der Waals surface area contributed by atoms with Gasteiger partial charge in [-0.3, -0.25) is 9.59 Å². The number of rotatable bonds is 4. The molecule has 118 valence electrons. The van der Waals surface area contributed by atoms with Crippen molar-refractivity contribution in [1.29, 1.82) is 0 Å². The van der Waals surface area contributed by atoms with Crippen LogP contribution in [0.3, 0.4) is 0 Å². The minimum Gasteiger partial charge on any atom is -0.339 e. The zero-order valence-electron chi connectivity index (χ0n) is 13.2. The lowest BCUT2D eigenvalue weighted by molar-refractivity contribution is 0.0773. The van der Waals surface area contributed by atoms with Gasteiger partial charge in [0.05, 0.1) is 21.3 Å². The number of nitrogens with zero attached hydrogens (tertiary/aromatic N) is 2. The molecule has 5 heteroatoms. The van der Waals surface area contributed by atoms with Crippen molar-refractivity contribution in [2.24, 2.45) is 0 Å². The monoisotopic (exact) mass is 326 g/mol. The van der Waals surface area contributed by atoms with E-state index in [1.54, 1.807) is 14.9 Å². The minimum absolute atomic E-state index is 0.0463. The molecule has 4 nitrogen and oxygen atoms in total. The third-order valence-electron chi connectivity index (χ3n) is 3.90. The van der Waals surface area contributed by atoms with Gasteiger partial charge in [-0.05, 0) is 38.1 Å². The highest BCUT2D eigenvalue weighted by molar-refractivity contribution is 7.14. The molecule has 2 aromatic carbocycles. The number of carbonyl (C=O) groups excluding carboxylic acids is 1. The zero-order valence-corrected chi connectivity index (χ0v) is 14.0. The van der Waals surface area contributed by atoms with Crippen LogP contribution in [0, 0.1) is 0 Å². The second kappa shape index (κ2) is 6.38. The summed E-state index contributed by atoms with van der Waals surface area (Å²) < 4.78 is 2.53. The van der Waals surface area contributed by atoms with Gasteiger partial charge in [-0.15, -0.1) is 0 Å². The van der Waals surface area contributed by atoms with Crippen LogP contribution in [0.1, 0.15) is 24.2 Å². The molecule has 23 heavy (non-hydrogen) atoms. The normalized spacial score (nSPS) is 10.9. The van der Waals surface area contributed by atoms with Crippen LogP contribution in [-0.4, -0.2) is 27.9 Å². The Labute approximate surface area is 138 Å². The number of hydrogen-bond acceptors (Lipinski definition) is 3. The van der Waals surface area contributed by atoms with E-state index < -0.39 is 0 Å². The van der Waals surface area contributed by atoms with Gasteiger partial charge in [0.15, 0.2) is 0 Å². The average molecular weight is 326 g/mol. The fraction of sp³-hybridized carbons (Fsp3) is 0.222. The summed E-state index contributed by atoms with van der Waals surface area (Å²) in [5.41, 5.74) is 1.13. The van der Waals surface area contributed by atoms with Crippen molar-refractivity contribution < 1.29 is 4.79 Å². The highest BCUT2D eigenvalue weighted by Gasteiger charge is 2.19. The number of para-hydroxylation sites is 1. The van der Waals surface area contributed by atoms with Crippen molar-refractivity contribution in [2.45, 2.75) is 13.8 Å². The highest BCUT2D eigenvalue weighted by atomic mass is 32.1. The maximum atomic E-state index is 12.7. The third kappa shape index (κ3) is 2.68. The number of fused-ring (bicyclic) bond motifs is 1. The first-order valence-corrected chi connectivity index (χ1v) is 8.44. The Balaban J connectivity index is 2.18. The van der Waals surface area contributed by atoms with Gasteiger partial charge >= 0.3 is 0 Å². The predicted molar refractivity (Wildman–Crippen MR) is 94.7 cm³/mol. The summed E-state index contributed by atoms with van der Waals surface area (Å²) in [6, 6.07) is 14.8. The lowest BCUT2D eigenvalue weighted by Crippen LogP contribution is -2.31. The van der Waals surface area contributed by atoms with E-state index in [0.29, 0.717) is 29.7 Å². The first-order valence-electron chi connectivity index (χ1n) is 7.67. The van der Waals surface area contributed by atoms with E-state index in [4.69, 9.17) is 0 Å². The van der Waals surface area contributed by atoms with E-state index in [1.807, 2.05) is 56.3 Å². The van der Waals surface area contributed by atoms with Gasteiger partial charge < -0.3 is 4.90 Å². The van der Waals surface area contributed by atoms with Crippen LogP contribution in [0.4, 0.5) is 0 Å². The third-order valence-corrected chi connectivity index (χ3v) is 4.99. The van der Waals surface area contributed by atoms with Crippen LogP contribution in [0.25, 0.3) is 15.8 Å². The Morgan fingerprint density at radius 1 is 1.04 bits per heavy atom. The van der Waals surface area contributed by atoms with E-state index in [2.05, 4.69) is 0 Å². The summed E-state index contributed by atoms with van der Waals surface area (Å²) in [5, 5.41) is 0.683. The van der Waals surface area contributed by atoms with E-state index >= 15 is 0 Å². The molecule has 0 saturated heterocycles. The van der Waals surface area contributed by atoms with Crippen LogP contribution in [0.5, 0.6) is 0 Å². The summed E-state index contributed by atoms with van der Waals surface area (Å²) in [6.45, 7) is 5.20. The summed E-state index contributed by atoms with van der Waals surface area (Å²) >= 11 is 1.37. The fourth-order valence-corrected chi connectivity index (χ4v) is 3.67. The molecule has 0 unspecified atom stereocenters. The van der Waals surface area contributed by atoms with Crippen molar-refractivity contribution in [1.82, 2.24) is 8.86 Å². The number of hydrogen-bond donors (Lipinski definition) is 0. The number of aromatic nitrogens is 1. The van der Waals surface area contributed by atoms with Gasteiger partial charge in [0, 0.05) is 13.1 Å². The van der Waals surface area contributed by atoms with Gasteiger partial charge in [0.25, 0.3) is 11.5 Å². The molecule has 1 aromatic heterocycles. The van der Waals surface area contributed by atoms with Crippen molar-refractivity contribution in [3.05, 3.63) is 64.4 Å². The molecule has 1 heterocycles. The summed E-state index contributed by atoms with van der Waals surface area (Å²) in [6.07, 6.45) is 0. The van der Waals surface area contributed by atoms with Crippen LogP contribution < -0.4 is 5.56 Å². The topological polar surface area (TPSA) is 42.3 Å². The average Bonchev–Trinajstić information content (AvgIpc) is 2.93. The number of carbonyl (C=O) groups is 1. The molecule has 0 fully saturated rings. The van der Waals surface area contributed by atoms with Crippen molar-refractivity contribution >= 4 is 27.5 Å². The summed E-state index contributed by atoms with van der Waals surface area (Å²) in [7, 11) is 0. The smallest absolute Gasteiger partial charge is 0.273 e. The first kappa shape index (κ1) is 15.5. The SMILES string of the molecule is CCN(CC)C(=O)c1ccccc1-n1sc2ccccc2c1=O. The first-order chi connectivity index (χ1) is 11.2. The molecule has 0 spiro atoms. The number of amides is 1. The Bertz CT molecular complexity index is 907. The highest BCUT2D eigenvalue weighted by Crippen LogP contribution is 2.23. The molecule has 3 aromatic rings. The second-order valence-electron chi connectivity index (χ2n) is 5.18. The van der Waals surface area contributed by atoms with Gasteiger partial charge in [0.1, 0.15) is 0 Å². The Kier molecular flexibility index (Phi) is 4.30. The van der Waals surface area contributed by atoms with Crippen molar-refractivity contribution in [3.8, 4) is 5.69 Å². The van der Waals surface area contributed by atoms with Gasteiger partial charge in [-0.2, -0.15) is 0 Å². The van der Waals surface area contributed by atoms with Crippen LogP contribution in [0.2, 0.25) is 0 Å². The quantitative estimate of drug-likeness (QED) is 0.736. The van der Waals surface area contributed by atoms with Gasteiger partial charge in [0.2, 0.25) is 0 Å². The molecule has 1 amide bonds. The van der Waals surface area contributed by atoms with E-state index in [9.17, 15) is 9.59 Å². The molecule has 0 aliphatic heterocycles. The minimum atomic E-state index is -0.0783. The maximum Gasteiger partial charge on any atom is 0.273 e. The lowest BCUT2D eigenvalue weighted by atomic mass is 10.1. The molecular formula is C18H18N2O2S.